The van der Waals surface area contributed by atoms with Crippen LogP contribution in [0.2, 0.25) is 0 Å². The lowest BCUT2D eigenvalue weighted by molar-refractivity contribution is -0.145. The molecule has 0 rings (SSSR count). The van der Waals surface area contributed by atoms with E-state index in [1.54, 1.807) is 0 Å². The third-order valence-electron chi connectivity index (χ3n) is 5.76. The number of esters is 1. The van der Waals surface area contributed by atoms with Crippen LogP contribution in [0.25, 0.3) is 0 Å². The van der Waals surface area contributed by atoms with E-state index in [-0.39, 0.29) is 12.6 Å². The van der Waals surface area contributed by atoms with E-state index in [0.717, 1.165) is 32.2 Å². The van der Waals surface area contributed by atoms with Crippen molar-refractivity contribution in [3.8, 4) is 0 Å². The molecule has 0 amide bonds. The molecule has 0 aliphatic rings. The summed E-state index contributed by atoms with van der Waals surface area (Å²) in [6.45, 7) is 13.7. The number of likely N-dealkylation sites (N-methyl/N-ethyl adjacent to an activating group) is 1. The number of hydrogen-bond donors (Lipinski definition) is 0. The summed E-state index contributed by atoms with van der Waals surface area (Å²) < 4.78 is 59.7. The van der Waals surface area contributed by atoms with E-state index >= 15 is 0 Å². The monoisotopic (exact) mass is 641 g/mol. The average molecular weight is 642 g/mol. The van der Waals surface area contributed by atoms with Gasteiger partial charge >= 0.3 is 5.97 Å². The number of nitrogens with zero attached hydrogens (tertiary/aromatic N) is 1. The molecule has 264 valence electrons. The molecule has 44 heavy (non-hydrogen) atoms. The summed E-state index contributed by atoms with van der Waals surface area (Å²) in [4.78, 5) is 13.6. The first kappa shape index (κ1) is 43.0. The molecule has 0 fully saturated rings. The van der Waals surface area contributed by atoms with Crippen LogP contribution in [-0.2, 0) is 56.9 Å². The maximum Gasteiger partial charge on any atom is 0.305 e. The molecule has 13 heteroatoms. The maximum absolute atomic E-state index is 11.5. The largest absolute Gasteiger partial charge is 0.463 e. The summed E-state index contributed by atoms with van der Waals surface area (Å²) in [5.41, 5.74) is 0. The summed E-state index contributed by atoms with van der Waals surface area (Å²) in [7, 11) is 4.04. The van der Waals surface area contributed by atoms with Crippen molar-refractivity contribution in [2.75, 3.05) is 159 Å². The molecular weight excluding hydrogens is 578 g/mol. The molecule has 13 nitrogen and oxygen atoms in total. The number of carbonyl (C=O) groups is 1. The van der Waals surface area contributed by atoms with Gasteiger partial charge < -0.3 is 57.0 Å². The molecule has 0 aromatic carbocycles. The van der Waals surface area contributed by atoms with E-state index < -0.39 is 0 Å². The fourth-order valence-corrected chi connectivity index (χ4v) is 3.31. The Balaban J connectivity index is 3.08. The number of ether oxygens (including phenoxy) is 11. The van der Waals surface area contributed by atoms with Crippen LogP contribution in [-0.4, -0.2) is 170 Å². The molecule has 0 heterocycles. The normalized spacial score (nSPS) is 11.5. The van der Waals surface area contributed by atoms with Gasteiger partial charge in [0.2, 0.25) is 0 Å². The summed E-state index contributed by atoms with van der Waals surface area (Å²) in [6, 6.07) is 0. The molecule has 0 unspecified atom stereocenters. The highest BCUT2D eigenvalue weighted by atomic mass is 16.6. The third kappa shape index (κ3) is 39.1. The van der Waals surface area contributed by atoms with Crippen LogP contribution in [0.1, 0.15) is 39.0 Å². The Morgan fingerprint density at radius 2 is 0.705 bits per heavy atom. The highest BCUT2D eigenvalue weighted by molar-refractivity contribution is 5.69. The lowest BCUT2D eigenvalue weighted by Crippen LogP contribution is -2.19. The molecule has 0 radical (unpaired) electrons. The summed E-state index contributed by atoms with van der Waals surface area (Å²) >= 11 is 0. The van der Waals surface area contributed by atoms with Crippen molar-refractivity contribution in [2.45, 2.75) is 39.0 Å². The van der Waals surface area contributed by atoms with E-state index in [1.807, 2.05) is 14.1 Å². The van der Waals surface area contributed by atoms with Gasteiger partial charge in [-0.1, -0.05) is 26.2 Å². The van der Waals surface area contributed by atoms with Crippen LogP contribution >= 0.6 is 0 Å². The Morgan fingerprint density at radius 1 is 0.409 bits per heavy atom. The van der Waals surface area contributed by atoms with E-state index in [9.17, 15) is 4.79 Å². The molecule has 0 N–H and O–H groups in total. The lowest BCUT2D eigenvalue weighted by atomic mass is 10.2. The second-order valence-corrected chi connectivity index (χ2v) is 9.96. The Morgan fingerprint density at radius 3 is 1.00 bits per heavy atom. The minimum atomic E-state index is -0.151. The molecule has 0 bridgehead atoms. The van der Waals surface area contributed by atoms with Gasteiger partial charge in [-0.15, -0.1) is 0 Å². The Kier molecular flexibility index (Phi) is 37.4. The van der Waals surface area contributed by atoms with E-state index in [2.05, 4.69) is 11.8 Å². The average Bonchev–Trinajstić information content (AvgIpc) is 3.01. The van der Waals surface area contributed by atoms with Crippen LogP contribution in [0, 0.1) is 0 Å². The standard InChI is InChI=1S/C31H63NO12/c1-4-5-6-7-8-31(33)44-30-29-43-28-27-42-26-25-41-24-23-40-22-21-39-20-19-38-18-17-37-16-15-36-14-13-35-12-11-34-10-9-32(2)3/h4-30H2,1-3H3. The van der Waals surface area contributed by atoms with Crippen LogP contribution in [0.5, 0.6) is 0 Å². The van der Waals surface area contributed by atoms with Crippen molar-refractivity contribution in [3.63, 3.8) is 0 Å². The Labute approximate surface area is 266 Å². The first-order chi connectivity index (χ1) is 21.7. The van der Waals surface area contributed by atoms with E-state index in [4.69, 9.17) is 52.1 Å². The summed E-state index contributed by atoms with van der Waals surface area (Å²) in [5, 5.41) is 0. The van der Waals surface area contributed by atoms with Gasteiger partial charge in [-0.25, -0.2) is 0 Å². The smallest absolute Gasteiger partial charge is 0.305 e. The van der Waals surface area contributed by atoms with Crippen molar-refractivity contribution < 1.29 is 56.9 Å². The third-order valence-corrected chi connectivity index (χ3v) is 5.76. The summed E-state index contributed by atoms with van der Waals surface area (Å²) in [5.74, 6) is -0.151. The van der Waals surface area contributed by atoms with Gasteiger partial charge in [-0.05, 0) is 20.5 Å². The van der Waals surface area contributed by atoms with Crippen molar-refractivity contribution in [3.05, 3.63) is 0 Å². The number of hydrogen-bond acceptors (Lipinski definition) is 13. The van der Waals surface area contributed by atoms with Crippen molar-refractivity contribution >= 4 is 5.97 Å². The van der Waals surface area contributed by atoms with Crippen LogP contribution in [0.3, 0.4) is 0 Å². The van der Waals surface area contributed by atoms with Crippen LogP contribution in [0.4, 0.5) is 0 Å². The fraction of sp³-hybridized carbons (Fsp3) is 0.968. The molecular formula is C31H63NO12. The number of carbonyl (C=O) groups excluding carboxylic acids is 1. The molecule has 0 aliphatic heterocycles. The molecule has 0 aliphatic carbocycles. The molecule has 0 saturated heterocycles. The quantitative estimate of drug-likeness (QED) is 0.0724. The van der Waals surface area contributed by atoms with Gasteiger partial charge in [0.05, 0.1) is 132 Å². The number of unbranched alkanes of at least 4 members (excludes halogenated alkanes) is 3. The zero-order chi connectivity index (χ0) is 32.0. The predicted molar refractivity (Wildman–Crippen MR) is 166 cm³/mol. The highest BCUT2D eigenvalue weighted by Gasteiger charge is 2.02. The van der Waals surface area contributed by atoms with Gasteiger partial charge in [-0.2, -0.15) is 0 Å². The molecule has 0 aromatic heterocycles. The summed E-state index contributed by atoms with van der Waals surface area (Å²) in [6.07, 6.45) is 4.77. The Bertz CT molecular complexity index is 560. The first-order valence-corrected chi connectivity index (χ1v) is 16.2. The van der Waals surface area contributed by atoms with Crippen molar-refractivity contribution in [1.82, 2.24) is 4.90 Å². The van der Waals surface area contributed by atoms with Gasteiger partial charge in [0.1, 0.15) is 6.61 Å². The highest BCUT2D eigenvalue weighted by Crippen LogP contribution is 2.03. The predicted octanol–water partition coefficient (Wildman–Crippen LogP) is 2.23. The van der Waals surface area contributed by atoms with E-state index in [1.165, 1.54) is 0 Å². The first-order valence-electron chi connectivity index (χ1n) is 16.2. The van der Waals surface area contributed by atoms with Gasteiger partial charge in [-0.3, -0.25) is 4.79 Å². The lowest BCUT2D eigenvalue weighted by Gasteiger charge is -2.10. The zero-order valence-corrected chi connectivity index (χ0v) is 27.9. The SMILES string of the molecule is CCCCCCC(=O)OCCOCCOCCOCCOCCOCCOCCOCCOCCOCCOCCN(C)C. The van der Waals surface area contributed by atoms with Gasteiger partial charge in [0.25, 0.3) is 0 Å². The van der Waals surface area contributed by atoms with Gasteiger partial charge in [0.15, 0.2) is 0 Å². The molecule has 0 aromatic rings. The minimum absolute atomic E-state index is 0.151. The zero-order valence-electron chi connectivity index (χ0n) is 27.9. The second-order valence-electron chi connectivity index (χ2n) is 9.96. The molecule has 0 atom stereocenters. The van der Waals surface area contributed by atoms with Crippen LogP contribution in [0.15, 0.2) is 0 Å². The van der Waals surface area contributed by atoms with Crippen LogP contribution < -0.4 is 0 Å². The molecule has 0 spiro atoms. The minimum Gasteiger partial charge on any atom is -0.463 e. The number of rotatable bonds is 38. The van der Waals surface area contributed by atoms with E-state index in [0.29, 0.717) is 139 Å². The van der Waals surface area contributed by atoms with Gasteiger partial charge in [0, 0.05) is 13.0 Å². The molecule has 0 saturated carbocycles. The van der Waals surface area contributed by atoms with Crippen molar-refractivity contribution in [1.29, 1.82) is 0 Å². The maximum atomic E-state index is 11.5. The Hall–Kier alpha value is -0.970. The second kappa shape index (κ2) is 38.2. The topological polar surface area (TPSA) is 122 Å². The fourth-order valence-electron chi connectivity index (χ4n) is 3.31. The van der Waals surface area contributed by atoms with Crippen molar-refractivity contribution in [2.24, 2.45) is 0 Å².